The normalized spacial score (nSPS) is 11.4. The zero-order chi connectivity index (χ0) is 21.2. The third kappa shape index (κ3) is 6.09. The van der Waals surface area contributed by atoms with Gasteiger partial charge in [-0.15, -0.1) is 0 Å². The highest BCUT2D eigenvalue weighted by Gasteiger charge is 2.09. The Hall–Kier alpha value is -3.32. The summed E-state index contributed by atoms with van der Waals surface area (Å²) in [6.45, 7) is 4.18. The van der Waals surface area contributed by atoms with Crippen molar-refractivity contribution in [3.63, 3.8) is 0 Å². The molecule has 0 aliphatic heterocycles. The molecule has 0 radical (unpaired) electrons. The van der Waals surface area contributed by atoms with E-state index >= 15 is 0 Å². The molecule has 0 unspecified atom stereocenters. The number of aryl methyl sites for hydroxylation is 1. The topological polar surface area (TPSA) is 80.9 Å². The number of nitrogens with zero attached hydrogens (tertiary/aromatic N) is 2. The highest BCUT2D eigenvalue weighted by molar-refractivity contribution is 5.79. The first-order valence-corrected chi connectivity index (χ1v) is 9.85. The molecule has 0 aliphatic rings. The zero-order valence-corrected chi connectivity index (χ0v) is 17.6. The Morgan fingerprint density at radius 2 is 1.87 bits per heavy atom. The van der Waals surface area contributed by atoms with Gasteiger partial charge in [0.2, 0.25) is 5.89 Å². The molecule has 3 rings (SSSR count). The van der Waals surface area contributed by atoms with E-state index in [1.54, 1.807) is 20.4 Å². The number of rotatable bonds is 9. The number of nitrogens with one attached hydrogen (secondary N) is 2. The van der Waals surface area contributed by atoms with Crippen LogP contribution in [0.4, 0.5) is 0 Å². The summed E-state index contributed by atoms with van der Waals surface area (Å²) in [5, 5.41) is 6.57. The number of guanidine groups is 1. The van der Waals surface area contributed by atoms with Crippen LogP contribution in [0.15, 0.2) is 64.2 Å². The lowest BCUT2D eigenvalue weighted by atomic mass is 10.1. The van der Waals surface area contributed by atoms with Crippen molar-refractivity contribution < 1.29 is 13.9 Å². The van der Waals surface area contributed by atoms with E-state index in [2.05, 4.69) is 32.7 Å². The van der Waals surface area contributed by atoms with Gasteiger partial charge < -0.3 is 24.5 Å². The molecule has 0 aliphatic carbocycles. The summed E-state index contributed by atoms with van der Waals surface area (Å²) >= 11 is 0. The van der Waals surface area contributed by atoms with Crippen molar-refractivity contribution in [3.8, 4) is 17.2 Å². The summed E-state index contributed by atoms with van der Waals surface area (Å²) in [6.07, 6.45) is 1.66. The van der Waals surface area contributed by atoms with Crippen molar-refractivity contribution in [1.29, 1.82) is 0 Å². The largest absolute Gasteiger partial charge is 0.491 e. The minimum Gasteiger partial charge on any atom is -0.491 e. The quantitative estimate of drug-likeness (QED) is 0.320. The minimum absolute atomic E-state index is 0.501. The Labute approximate surface area is 177 Å². The predicted molar refractivity (Wildman–Crippen MR) is 118 cm³/mol. The number of oxazole rings is 1. The van der Waals surface area contributed by atoms with Gasteiger partial charge in [-0.25, -0.2) is 4.98 Å². The number of hydrogen-bond donors (Lipinski definition) is 2. The highest BCUT2D eigenvalue weighted by Crippen LogP contribution is 2.20. The molecule has 2 N–H and O–H groups in total. The van der Waals surface area contributed by atoms with Crippen molar-refractivity contribution >= 4 is 5.96 Å². The minimum atomic E-state index is 0.501. The van der Waals surface area contributed by atoms with E-state index in [0.717, 1.165) is 28.1 Å². The van der Waals surface area contributed by atoms with Crippen molar-refractivity contribution in [2.24, 2.45) is 4.99 Å². The fourth-order valence-corrected chi connectivity index (χ4v) is 2.85. The van der Waals surface area contributed by atoms with Gasteiger partial charge in [0, 0.05) is 31.8 Å². The Morgan fingerprint density at radius 1 is 1.07 bits per heavy atom. The number of methoxy groups -OCH3 is 1. The summed E-state index contributed by atoms with van der Waals surface area (Å²) in [4.78, 5) is 8.81. The molecular formula is C23H28N4O3. The van der Waals surface area contributed by atoms with Crippen LogP contribution in [-0.2, 0) is 17.8 Å². The Bertz CT molecular complexity index is 954. The molecule has 2 aromatic carbocycles. The molecule has 158 valence electrons. The molecule has 7 nitrogen and oxygen atoms in total. The monoisotopic (exact) mass is 408 g/mol. The summed E-state index contributed by atoms with van der Waals surface area (Å²) < 4.78 is 16.5. The van der Waals surface area contributed by atoms with Crippen molar-refractivity contribution in [2.45, 2.75) is 20.0 Å². The molecular weight excluding hydrogens is 380 g/mol. The van der Waals surface area contributed by atoms with Crippen LogP contribution >= 0.6 is 0 Å². The van der Waals surface area contributed by atoms with Crippen molar-refractivity contribution in [2.75, 3.05) is 27.4 Å². The number of aromatic nitrogens is 1. The molecule has 30 heavy (non-hydrogen) atoms. The molecule has 0 amide bonds. The molecule has 7 heteroatoms. The Balaban J connectivity index is 1.55. The van der Waals surface area contributed by atoms with Gasteiger partial charge >= 0.3 is 0 Å². The highest BCUT2D eigenvalue weighted by atomic mass is 16.5. The Morgan fingerprint density at radius 3 is 2.63 bits per heavy atom. The van der Waals surface area contributed by atoms with E-state index in [1.165, 1.54) is 0 Å². The average molecular weight is 409 g/mol. The number of aliphatic imine (C=N–C) groups is 1. The average Bonchev–Trinajstić information content (AvgIpc) is 3.25. The fourth-order valence-electron chi connectivity index (χ4n) is 2.85. The summed E-state index contributed by atoms with van der Waals surface area (Å²) in [5.74, 6) is 2.12. The molecule has 1 aromatic heterocycles. The summed E-state index contributed by atoms with van der Waals surface area (Å²) in [7, 11) is 3.40. The number of hydrogen-bond acceptors (Lipinski definition) is 5. The number of ether oxygens (including phenoxy) is 2. The lowest BCUT2D eigenvalue weighted by Crippen LogP contribution is -2.36. The second-order valence-corrected chi connectivity index (χ2v) is 6.74. The second kappa shape index (κ2) is 11.0. The molecule has 3 aromatic rings. The molecule has 0 atom stereocenters. The third-order valence-corrected chi connectivity index (χ3v) is 4.45. The lowest BCUT2D eigenvalue weighted by Gasteiger charge is -2.15. The van der Waals surface area contributed by atoms with Gasteiger partial charge in [0.15, 0.2) is 5.96 Å². The first-order chi connectivity index (χ1) is 14.7. The van der Waals surface area contributed by atoms with Crippen molar-refractivity contribution in [1.82, 2.24) is 15.6 Å². The van der Waals surface area contributed by atoms with E-state index < -0.39 is 0 Å². The zero-order valence-electron chi connectivity index (χ0n) is 17.6. The molecule has 0 bridgehead atoms. The number of benzene rings is 2. The van der Waals surface area contributed by atoms with Gasteiger partial charge in [-0.3, -0.25) is 4.99 Å². The molecule has 0 saturated carbocycles. The van der Waals surface area contributed by atoms with Crippen LogP contribution in [0.3, 0.4) is 0 Å². The molecule has 0 fully saturated rings. The van der Waals surface area contributed by atoms with E-state index in [0.29, 0.717) is 38.2 Å². The van der Waals surface area contributed by atoms with Crippen molar-refractivity contribution in [3.05, 3.63) is 71.6 Å². The first-order valence-electron chi connectivity index (χ1n) is 9.85. The third-order valence-electron chi connectivity index (χ3n) is 4.45. The van der Waals surface area contributed by atoms with Gasteiger partial charge in [0.1, 0.15) is 18.6 Å². The molecule has 1 heterocycles. The summed E-state index contributed by atoms with van der Waals surface area (Å²) in [5.41, 5.74) is 3.95. The maximum atomic E-state index is 5.85. The smallest absolute Gasteiger partial charge is 0.226 e. The van der Waals surface area contributed by atoms with Crippen LogP contribution < -0.4 is 15.4 Å². The van der Waals surface area contributed by atoms with E-state index in [9.17, 15) is 0 Å². The maximum Gasteiger partial charge on any atom is 0.226 e. The maximum absolute atomic E-state index is 5.85. The van der Waals surface area contributed by atoms with E-state index in [-0.39, 0.29) is 0 Å². The summed E-state index contributed by atoms with van der Waals surface area (Å²) in [6, 6.07) is 16.0. The van der Waals surface area contributed by atoms with Crippen LogP contribution in [0.1, 0.15) is 16.8 Å². The van der Waals surface area contributed by atoms with Crippen LogP contribution in [-0.4, -0.2) is 38.3 Å². The standard InChI is InChI=1S/C23H28N4O3/c1-17-9-10-19(21(13-17)29-12-11-28-3)14-25-23(24-2)26-15-20-16-30-22(27-20)18-7-5-4-6-8-18/h4-10,13,16H,11-12,14-15H2,1-3H3,(H2,24,25,26). The molecule has 0 spiro atoms. The van der Waals surface area contributed by atoms with Gasteiger partial charge in [-0.2, -0.15) is 0 Å². The predicted octanol–water partition coefficient (Wildman–Crippen LogP) is 3.54. The molecule has 0 saturated heterocycles. The van der Waals surface area contributed by atoms with Gasteiger partial charge in [0.05, 0.1) is 18.8 Å². The fraction of sp³-hybridized carbons (Fsp3) is 0.304. The Kier molecular flexibility index (Phi) is 7.86. The van der Waals surface area contributed by atoms with Crippen LogP contribution in [0.5, 0.6) is 5.75 Å². The van der Waals surface area contributed by atoms with E-state index in [4.69, 9.17) is 13.9 Å². The van der Waals surface area contributed by atoms with Gasteiger partial charge in [-0.05, 0) is 30.7 Å². The van der Waals surface area contributed by atoms with Crippen LogP contribution in [0.2, 0.25) is 0 Å². The van der Waals surface area contributed by atoms with Crippen LogP contribution in [0, 0.1) is 6.92 Å². The lowest BCUT2D eigenvalue weighted by molar-refractivity contribution is 0.145. The SMILES string of the molecule is CN=C(NCc1coc(-c2ccccc2)n1)NCc1ccc(C)cc1OCCOC. The van der Waals surface area contributed by atoms with Gasteiger partial charge in [0.25, 0.3) is 0 Å². The van der Waals surface area contributed by atoms with E-state index in [1.807, 2.05) is 43.3 Å². The first kappa shape index (κ1) is 21.4. The second-order valence-electron chi connectivity index (χ2n) is 6.74. The van der Waals surface area contributed by atoms with Gasteiger partial charge in [-0.1, -0.05) is 30.3 Å². The van der Waals surface area contributed by atoms with Crippen LogP contribution in [0.25, 0.3) is 11.5 Å².